The van der Waals surface area contributed by atoms with E-state index < -0.39 is 6.10 Å². The highest BCUT2D eigenvalue weighted by molar-refractivity contribution is 5.75. The molecule has 1 atom stereocenters. The number of aromatic nitrogens is 2. The Hall–Kier alpha value is -2.53. The first-order valence-corrected chi connectivity index (χ1v) is 8.57. The molecule has 2 aromatic carbocycles. The molecule has 0 amide bonds. The van der Waals surface area contributed by atoms with Crippen LogP contribution in [0.2, 0.25) is 0 Å². The third-order valence-corrected chi connectivity index (χ3v) is 4.27. The Labute approximate surface area is 147 Å². The van der Waals surface area contributed by atoms with E-state index in [4.69, 9.17) is 4.74 Å². The fourth-order valence-corrected chi connectivity index (χ4v) is 3.23. The van der Waals surface area contributed by atoms with Crippen LogP contribution in [0.5, 0.6) is 5.75 Å². The van der Waals surface area contributed by atoms with Crippen LogP contribution in [0.15, 0.2) is 47.3 Å². The minimum Gasteiger partial charge on any atom is -0.491 e. The Morgan fingerprint density at radius 1 is 1.04 bits per heavy atom. The summed E-state index contributed by atoms with van der Waals surface area (Å²) in [7, 11) is 0. The van der Waals surface area contributed by atoms with Gasteiger partial charge in [0, 0.05) is 6.54 Å². The number of benzene rings is 2. The van der Waals surface area contributed by atoms with Gasteiger partial charge in [0.05, 0.1) is 17.6 Å². The van der Waals surface area contributed by atoms with Gasteiger partial charge in [0.2, 0.25) is 0 Å². The Morgan fingerprint density at radius 2 is 1.64 bits per heavy atom. The van der Waals surface area contributed by atoms with E-state index in [2.05, 4.69) is 6.07 Å². The lowest BCUT2D eigenvalue weighted by atomic mass is 10.1. The van der Waals surface area contributed by atoms with Crippen LogP contribution in [0.25, 0.3) is 11.0 Å². The van der Waals surface area contributed by atoms with E-state index >= 15 is 0 Å². The van der Waals surface area contributed by atoms with Crippen molar-refractivity contribution in [2.45, 2.75) is 40.0 Å². The van der Waals surface area contributed by atoms with E-state index in [0.717, 1.165) is 27.9 Å². The predicted molar refractivity (Wildman–Crippen MR) is 99.3 cm³/mol. The first-order valence-electron chi connectivity index (χ1n) is 8.57. The van der Waals surface area contributed by atoms with Crippen molar-refractivity contribution >= 4 is 11.0 Å². The fraction of sp³-hybridized carbons (Fsp3) is 0.350. The lowest BCUT2D eigenvalue weighted by Crippen LogP contribution is -2.31. The van der Waals surface area contributed by atoms with Gasteiger partial charge in [0.15, 0.2) is 0 Å². The largest absolute Gasteiger partial charge is 0.491 e. The van der Waals surface area contributed by atoms with Crippen molar-refractivity contribution in [3.8, 4) is 5.75 Å². The van der Waals surface area contributed by atoms with Crippen LogP contribution < -0.4 is 10.4 Å². The predicted octanol–water partition coefficient (Wildman–Crippen LogP) is 2.88. The van der Waals surface area contributed by atoms with Crippen LogP contribution in [0.3, 0.4) is 0 Å². The quantitative estimate of drug-likeness (QED) is 0.751. The van der Waals surface area contributed by atoms with Gasteiger partial charge >= 0.3 is 5.69 Å². The molecular weight excluding hydrogens is 316 g/mol. The Morgan fingerprint density at radius 3 is 2.24 bits per heavy atom. The Bertz CT molecular complexity index is 920. The van der Waals surface area contributed by atoms with Crippen molar-refractivity contribution in [3.05, 3.63) is 64.1 Å². The van der Waals surface area contributed by atoms with Crippen molar-refractivity contribution in [1.29, 1.82) is 0 Å². The summed E-state index contributed by atoms with van der Waals surface area (Å²) < 4.78 is 9.05. The minimum absolute atomic E-state index is 0.103. The summed E-state index contributed by atoms with van der Waals surface area (Å²) in [4.78, 5) is 12.6. The third kappa shape index (κ3) is 3.61. The second kappa shape index (κ2) is 7.15. The van der Waals surface area contributed by atoms with E-state index in [-0.39, 0.29) is 18.8 Å². The lowest BCUT2D eigenvalue weighted by molar-refractivity contribution is 0.0924. The van der Waals surface area contributed by atoms with Gasteiger partial charge in [-0.3, -0.25) is 9.13 Å². The van der Waals surface area contributed by atoms with Gasteiger partial charge in [0.1, 0.15) is 18.5 Å². The molecule has 3 rings (SSSR count). The van der Waals surface area contributed by atoms with Gasteiger partial charge in [-0.15, -0.1) is 0 Å². The molecule has 25 heavy (non-hydrogen) atoms. The van der Waals surface area contributed by atoms with Crippen LogP contribution in [-0.2, 0) is 13.1 Å². The molecule has 0 aliphatic carbocycles. The van der Waals surface area contributed by atoms with Gasteiger partial charge in [-0.1, -0.05) is 18.2 Å². The summed E-state index contributed by atoms with van der Waals surface area (Å²) in [6.45, 7) is 6.91. The topological polar surface area (TPSA) is 56.4 Å². The normalized spacial score (nSPS) is 12.5. The molecule has 3 aromatic rings. The number of imidazole rings is 1. The molecule has 0 aliphatic rings. The number of para-hydroxylation sites is 2. The first-order chi connectivity index (χ1) is 12.0. The number of ether oxygens (including phenoxy) is 1. The van der Waals surface area contributed by atoms with E-state index in [9.17, 15) is 9.90 Å². The van der Waals surface area contributed by atoms with Crippen LogP contribution in [0.1, 0.15) is 18.1 Å². The number of rotatable bonds is 6. The average Bonchev–Trinajstić information content (AvgIpc) is 2.84. The minimum atomic E-state index is -0.769. The first kappa shape index (κ1) is 17.3. The molecule has 1 aromatic heterocycles. The number of aliphatic hydroxyl groups is 1. The van der Waals surface area contributed by atoms with E-state index in [0.29, 0.717) is 6.54 Å². The van der Waals surface area contributed by atoms with Crippen LogP contribution >= 0.6 is 0 Å². The third-order valence-electron chi connectivity index (χ3n) is 4.27. The number of fused-ring (bicyclic) bond motifs is 1. The fourth-order valence-electron chi connectivity index (χ4n) is 3.23. The molecule has 1 heterocycles. The maximum Gasteiger partial charge on any atom is 0.329 e. The molecular formula is C20H24N2O3. The molecule has 0 saturated carbocycles. The summed E-state index contributed by atoms with van der Waals surface area (Å²) in [5, 5.41) is 10.4. The number of aryl methyl sites for hydroxylation is 3. The monoisotopic (exact) mass is 340 g/mol. The van der Waals surface area contributed by atoms with Gasteiger partial charge in [-0.05, 0) is 56.2 Å². The zero-order chi connectivity index (χ0) is 18.0. The van der Waals surface area contributed by atoms with Crippen molar-refractivity contribution in [1.82, 2.24) is 9.13 Å². The molecule has 0 fully saturated rings. The molecule has 132 valence electrons. The maximum atomic E-state index is 12.6. The zero-order valence-corrected chi connectivity index (χ0v) is 14.9. The summed E-state index contributed by atoms with van der Waals surface area (Å²) in [5.74, 6) is 0.736. The zero-order valence-electron chi connectivity index (χ0n) is 14.9. The van der Waals surface area contributed by atoms with Gasteiger partial charge in [-0.25, -0.2) is 4.79 Å². The van der Waals surface area contributed by atoms with Gasteiger partial charge in [0.25, 0.3) is 0 Å². The van der Waals surface area contributed by atoms with E-state index in [1.807, 2.05) is 57.2 Å². The molecule has 0 radical (unpaired) electrons. The van der Waals surface area contributed by atoms with Crippen LogP contribution in [-0.4, -0.2) is 27.0 Å². The Balaban J connectivity index is 1.77. The lowest BCUT2D eigenvalue weighted by Gasteiger charge is -2.14. The number of hydrogen-bond acceptors (Lipinski definition) is 3. The van der Waals surface area contributed by atoms with Crippen LogP contribution in [0.4, 0.5) is 0 Å². The second-order valence-corrected chi connectivity index (χ2v) is 6.41. The summed E-state index contributed by atoms with van der Waals surface area (Å²) in [6, 6.07) is 13.6. The molecule has 0 bridgehead atoms. The molecule has 1 N–H and O–H groups in total. The summed E-state index contributed by atoms with van der Waals surface area (Å²) >= 11 is 0. The van der Waals surface area contributed by atoms with Gasteiger partial charge in [-0.2, -0.15) is 0 Å². The van der Waals surface area contributed by atoms with E-state index in [1.54, 1.807) is 9.13 Å². The smallest absolute Gasteiger partial charge is 0.329 e. The Kier molecular flexibility index (Phi) is 4.95. The molecule has 0 saturated heterocycles. The summed E-state index contributed by atoms with van der Waals surface area (Å²) in [5.41, 5.74) is 3.85. The highest BCUT2D eigenvalue weighted by Gasteiger charge is 2.15. The average molecular weight is 340 g/mol. The van der Waals surface area contributed by atoms with Crippen molar-refractivity contribution in [2.75, 3.05) is 6.61 Å². The molecule has 5 nitrogen and oxygen atoms in total. The number of aliphatic hydroxyl groups excluding tert-OH is 1. The molecule has 5 heteroatoms. The SMILES string of the molecule is CCn1c(=O)n(C[C@H](O)COc2cc(C)cc(C)c2)c2ccccc21. The second-order valence-electron chi connectivity index (χ2n) is 6.41. The van der Waals surface area contributed by atoms with Crippen molar-refractivity contribution in [2.24, 2.45) is 0 Å². The highest BCUT2D eigenvalue weighted by atomic mass is 16.5. The van der Waals surface area contributed by atoms with Crippen molar-refractivity contribution < 1.29 is 9.84 Å². The highest BCUT2D eigenvalue weighted by Crippen LogP contribution is 2.17. The standard InChI is InChI=1S/C20H24N2O3/c1-4-21-18-7-5-6-8-19(18)22(20(21)24)12-16(23)13-25-17-10-14(2)9-15(3)11-17/h5-11,16,23H,4,12-13H2,1-3H3/t16-/m0/s1. The summed E-state index contributed by atoms with van der Waals surface area (Å²) in [6.07, 6.45) is -0.769. The van der Waals surface area contributed by atoms with Gasteiger partial charge < -0.3 is 9.84 Å². The van der Waals surface area contributed by atoms with Crippen molar-refractivity contribution in [3.63, 3.8) is 0 Å². The van der Waals surface area contributed by atoms with E-state index in [1.165, 1.54) is 0 Å². The molecule has 0 spiro atoms. The number of nitrogens with zero attached hydrogens (tertiary/aromatic N) is 2. The molecule has 0 unspecified atom stereocenters. The molecule has 0 aliphatic heterocycles. The van der Waals surface area contributed by atoms with Crippen LogP contribution in [0, 0.1) is 13.8 Å². The maximum absolute atomic E-state index is 12.6. The number of hydrogen-bond donors (Lipinski definition) is 1.